The van der Waals surface area contributed by atoms with E-state index in [0.29, 0.717) is 0 Å². The lowest BCUT2D eigenvalue weighted by atomic mass is 9.95. The minimum atomic E-state index is 0.853. The van der Waals surface area contributed by atoms with Crippen LogP contribution < -0.4 is 0 Å². The highest BCUT2D eigenvalue weighted by Crippen LogP contribution is 2.15. The Bertz CT molecular complexity index is 55.1. The van der Waals surface area contributed by atoms with Crippen LogP contribution in [-0.2, 0) is 0 Å². The SMILES string of the molecule is [CH2]CCC(C)CC(C)C. The van der Waals surface area contributed by atoms with Crippen molar-refractivity contribution < 1.29 is 0 Å². The summed E-state index contributed by atoms with van der Waals surface area (Å²) in [5.41, 5.74) is 0. The molecule has 0 fully saturated rings. The fraction of sp³-hybridized carbons (Fsp3) is 0.889. The lowest BCUT2D eigenvalue weighted by Gasteiger charge is -2.11. The minimum absolute atomic E-state index is 0.853. The first-order valence-corrected chi connectivity index (χ1v) is 3.96. The van der Waals surface area contributed by atoms with Gasteiger partial charge in [-0.2, -0.15) is 0 Å². The van der Waals surface area contributed by atoms with Gasteiger partial charge in [0.05, 0.1) is 0 Å². The van der Waals surface area contributed by atoms with E-state index >= 15 is 0 Å². The third-order valence-electron chi connectivity index (χ3n) is 1.57. The summed E-state index contributed by atoms with van der Waals surface area (Å²) in [6.07, 6.45) is 3.74. The molecule has 0 nitrogen and oxygen atoms in total. The molecule has 0 rings (SSSR count). The van der Waals surface area contributed by atoms with Crippen molar-refractivity contribution in [1.29, 1.82) is 0 Å². The monoisotopic (exact) mass is 127 g/mol. The van der Waals surface area contributed by atoms with Gasteiger partial charge in [0.1, 0.15) is 0 Å². The second kappa shape index (κ2) is 4.84. The standard InChI is InChI=1S/C9H19/c1-5-6-9(4)7-8(2)3/h8-9H,1,5-7H2,2-4H3. The fourth-order valence-electron chi connectivity index (χ4n) is 1.27. The zero-order valence-corrected chi connectivity index (χ0v) is 6.98. The summed E-state index contributed by atoms with van der Waals surface area (Å²) in [4.78, 5) is 0. The van der Waals surface area contributed by atoms with Gasteiger partial charge in [-0.1, -0.05) is 40.5 Å². The molecule has 0 aliphatic rings. The van der Waals surface area contributed by atoms with Crippen LogP contribution in [0.5, 0.6) is 0 Å². The number of hydrogen-bond donors (Lipinski definition) is 0. The van der Waals surface area contributed by atoms with E-state index < -0.39 is 0 Å². The Morgan fingerprint density at radius 1 is 1.22 bits per heavy atom. The molecule has 0 aromatic heterocycles. The van der Waals surface area contributed by atoms with Gasteiger partial charge < -0.3 is 0 Å². The zero-order valence-electron chi connectivity index (χ0n) is 6.98. The molecule has 0 saturated heterocycles. The molecule has 0 saturated carbocycles. The second-order valence-electron chi connectivity index (χ2n) is 3.38. The van der Waals surface area contributed by atoms with Gasteiger partial charge in [0.15, 0.2) is 0 Å². The molecule has 0 aromatic rings. The molecular weight excluding hydrogens is 108 g/mol. The summed E-state index contributed by atoms with van der Waals surface area (Å²) < 4.78 is 0. The van der Waals surface area contributed by atoms with Crippen LogP contribution >= 0.6 is 0 Å². The highest BCUT2D eigenvalue weighted by atomic mass is 14.1. The van der Waals surface area contributed by atoms with Gasteiger partial charge >= 0.3 is 0 Å². The summed E-state index contributed by atoms with van der Waals surface area (Å²) in [6.45, 7) is 10.7. The molecule has 0 heterocycles. The molecule has 55 valence electrons. The van der Waals surface area contributed by atoms with E-state index in [9.17, 15) is 0 Å². The van der Waals surface area contributed by atoms with Crippen LogP contribution in [0, 0.1) is 18.8 Å². The van der Waals surface area contributed by atoms with E-state index in [0.717, 1.165) is 18.3 Å². The van der Waals surface area contributed by atoms with Gasteiger partial charge in [-0.25, -0.2) is 0 Å². The maximum atomic E-state index is 3.83. The smallest absolute Gasteiger partial charge is 0.0440 e. The van der Waals surface area contributed by atoms with E-state index in [1.807, 2.05) is 0 Å². The number of rotatable bonds is 4. The molecule has 0 spiro atoms. The van der Waals surface area contributed by atoms with E-state index in [1.54, 1.807) is 0 Å². The van der Waals surface area contributed by atoms with E-state index in [1.165, 1.54) is 12.8 Å². The first-order chi connectivity index (χ1) is 4.16. The molecule has 0 aromatic carbocycles. The molecule has 1 atom stereocenters. The van der Waals surface area contributed by atoms with Crippen LogP contribution in [-0.4, -0.2) is 0 Å². The van der Waals surface area contributed by atoms with Gasteiger partial charge in [0.25, 0.3) is 0 Å². The van der Waals surface area contributed by atoms with Crippen LogP contribution in [0.1, 0.15) is 40.0 Å². The molecule has 1 unspecified atom stereocenters. The molecule has 0 bridgehead atoms. The zero-order chi connectivity index (χ0) is 7.28. The van der Waals surface area contributed by atoms with Crippen LogP contribution in [0.4, 0.5) is 0 Å². The van der Waals surface area contributed by atoms with Crippen molar-refractivity contribution in [3.8, 4) is 0 Å². The first kappa shape index (κ1) is 9.00. The van der Waals surface area contributed by atoms with E-state index in [2.05, 4.69) is 27.7 Å². The average Bonchev–Trinajstić information content (AvgIpc) is 1.63. The molecule has 0 aliphatic heterocycles. The predicted octanol–water partition coefficient (Wildman–Crippen LogP) is 3.28. The topological polar surface area (TPSA) is 0 Å². The van der Waals surface area contributed by atoms with Crippen molar-refractivity contribution in [2.24, 2.45) is 11.8 Å². The summed E-state index contributed by atoms with van der Waals surface area (Å²) in [7, 11) is 0. The van der Waals surface area contributed by atoms with Crippen LogP contribution in [0.15, 0.2) is 0 Å². The summed E-state index contributed by atoms with van der Waals surface area (Å²) >= 11 is 0. The third kappa shape index (κ3) is 5.88. The number of hydrogen-bond acceptors (Lipinski definition) is 0. The van der Waals surface area contributed by atoms with Gasteiger partial charge in [0, 0.05) is 0 Å². The Morgan fingerprint density at radius 3 is 2.11 bits per heavy atom. The van der Waals surface area contributed by atoms with Crippen LogP contribution in [0.25, 0.3) is 0 Å². The fourth-order valence-corrected chi connectivity index (χ4v) is 1.27. The lowest BCUT2D eigenvalue weighted by molar-refractivity contribution is 0.417. The maximum Gasteiger partial charge on any atom is -0.0440 e. The molecule has 0 N–H and O–H groups in total. The van der Waals surface area contributed by atoms with Gasteiger partial charge in [-0.05, 0) is 18.3 Å². The first-order valence-electron chi connectivity index (χ1n) is 3.96. The Hall–Kier alpha value is 0. The Kier molecular flexibility index (Phi) is 4.84. The molecule has 0 heteroatoms. The van der Waals surface area contributed by atoms with Crippen molar-refractivity contribution in [1.82, 2.24) is 0 Å². The highest BCUT2D eigenvalue weighted by Gasteiger charge is 2.02. The predicted molar refractivity (Wildman–Crippen MR) is 43.2 cm³/mol. The van der Waals surface area contributed by atoms with Crippen molar-refractivity contribution in [2.45, 2.75) is 40.0 Å². The average molecular weight is 127 g/mol. The Labute approximate surface area is 59.7 Å². The molecule has 0 aliphatic carbocycles. The van der Waals surface area contributed by atoms with Crippen molar-refractivity contribution >= 4 is 0 Å². The third-order valence-corrected chi connectivity index (χ3v) is 1.57. The Morgan fingerprint density at radius 2 is 1.78 bits per heavy atom. The lowest BCUT2D eigenvalue weighted by Crippen LogP contribution is -1.98. The summed E-state index contributed by atoms with van der Waals surface area (Å²) in [5, 5.41) is 0. The minimum Gasteiger partial charge on any atom is -0.0628 e. The van der Waals surface area contributed by atoms with Crippen molar-refractivity contribution in [3.05, 3.63) is 6.92 Å². The largest absolute Gasteiger partial charge is 0.0628 e. The van der Waals surface area contributed by atoms with Crippen LogP contribution in [0.3, 0.4) is 0 Å². The molecule has 0 amide bonds. The second-order valence-corrected chi connectivity index (χ2v) is 3.38. The normalized spacial score (nSPS) is 14.3. The van der Waals surface area contributed by atoms with Gasteiger partial charge in [-0.15, -0.1) is 0 Å². The molecular formula is C9H19. The van der Waals surface area contributed by atoms with E-state index in [-0.39, 0.29) is 0 Å². The summed E-state index contributed by atoms with van der Waals surface area (Å²) in [5.74, 6) is 1.73. The maximum absolute atomic E-state index is 3.83. The van der Waals surface area contributed by atoms with Crippen LogP contribution in [0.2, 0.25) is 0 Å². The van der Waals surface area contributed by atoms with Gasteiger partial charge in [-0.3, -0.25) is 0 Å². The summed E-state index contributed by atoms with van der Waals surface area (Å²) in [6, 6.07) is 0. The van der Waals surface area contributed by atoms with Crippen molar-refractivity contribution in [3.63, 3.8) is 0 Å². The van der Waals surface area contributed by atoms with Gasteiger partial charge in [0.2, 0.25) is 0 Å². The van der Waals surface area contributed by atoms with E-state index in [4.69, 9.17) is 0 Å². The quantitative estimate of drug-likeness (QED) is 0.543. The molecule has 9 heavy (non-hydrogen) atoms. The highest BCUT2D eigenvalue weighted by molar-refractivity contribution is 4.56. The molecule has 1 radical (unpaired) electrons. The Balaban J connectivity index is 3.15. The van der Waals surface area contributed by atoms with Crippen molar-refractivity contribution in [2.75, 3.05) is 0 Å².